The minimum atomic E-state index is 0.0912. The molecule has 0 saturated heterocycles. The molecule has 0 saturated carbocycles. The Morgan fingerprint density at radius 3 is 2.58 bits per heavy atom. The topological polar surface area (TPSA) is 26.3 Å². The van der Waals surface area contributed by atoms with Crippen LogP contribution in [0.5, 0.6) is 0 Å². The molecule has 126 valence electrons. The van der Waals surface area contributed by atoms with Crippen molar-refractivity contribution in [3.05, 3.63) is 60.2 Å². The molecule has 0 aliphatic rings. The molecule has 2 rings (SSSR count). The summed E-state index contributed by atoms with van der Waals surface area (Å²) >= 11 is 1.72. The first-order valence-electron chi connectivity index (χ1n) is 8.16. The molecule has 0 fully saturated rings. The first-order valence-corrected chi connectivity index (χ1v) is 9.38. The second kappa shape index (κ2) is 9.45. The number of hydrogen-bond donors (Lipinski definition) is 0. The Balaban J connectivity index is 2.07. The minimum Gasteiger partial charge on any atom is -0.378 e. The lowest BCUT2D eigenvalue weighted by molar-refractivity contribution is -0.115. The van der Waals surface area contributed by atoms with Crippen LogP contribution in [-0.2, 0) is 9.53 Å². The van der Waals surface area contributed by atoms with E-state index in [-0.39, 0.29) is 11.9 Å². The summed E-state index contributed by atoms with van der Waals surface area (Å²) in [5.41, 5.74) is 3.47. The highest BCUT2D eigenvalue weighted by atomic mass is 32.2. The summed E-state index contributed by atoms with van der Waals surface area (Å²) < 4.78 is 5.41. The van der Waals surface area contributed by atoms with Crippen molar-refractivity contribution in [1.82, 2.24) is 0 Å². The van der Waals surface area contributed by atoms with Gasteiger partial charge in [-0.25, -0.2) is 0 Å². The van der Waals surface area contributed by atoms with Crippen LogP contribution in [0.1, 0.15) is 25.8 Å². The lowest BCUT2D eigenvalue weighted by Gasteiger charge is -2.09. The minimum absolute atomic E-state index is 0.0912. The number of carbonyl (C=O) groups excluding carboxylic acids is 1. The van der Waals surface area contributed by atoms with Gasteiger partial charge in [-0.2, -0.15) is 0 Å². The highest BCUT2D eigenvalue weighted by Crippen LogP contribution is 2.31. The SMILES string of the molecule is CSc1cc(C=CC(=O)CCOC(C)C)ccc1-c1ccccc1. The fourth-order valence-corrected chi connectivity index (χ4v) is 3.00. The van der Waals surface area contributed by atoms with Crippen molar-refractivity contribution in [3.63, 3.8) is 0 Å². The zero-order valence-corrected chi connectivity index (χ0v) is 15.3. The van der Waals surface area contributed by atoms with E-state index in [1.807, 2.05) is 38.1 Å². The van der Waals surface area contributed by atoms with Crippen LogP contribution in [0.2, 0.25) is 0 Å². The number of ether oxygens (including phenoxy) is 1. The number of allylic oxidation sites excluding steroid dienone is 1. The largest absolute Gasteiger partial charge is 0.378 e. The molecule has 3 heteroatoms. The van der Waals surface area contributed by atoms with Gasteiger partial charge in [0.2, 0.25) is 0 Å². The van der Waals surface area contributed by atoms with Crippen molar-refractivity contribution < 1.29 is 9.53 Å². The molecule has 0 amide bonds. The first kappa shape index (κ1) is 18.5. The lowest BCUT2D eigenvalue weighted by Crippen LogP contribution is -2.07. The van der Waals surface area contributed by atoms with E-state index in [1.165, 1.54) is 16.0 Å². The molecule has 24 heavy (non-hydrogen) atoms. The first-order chi connectivity index (χ1) is 11.6. The molecule has 0 spiro atoms. The summed E-state index contributed by atoms with van der Waals surface area (Å²) in [6.45, 7) is 4.42. The van der Waals surface area contributed by atoms with Crippen LogP contribution in [0, 0.1) is 0 Å². The molecule has 0 unspecified atom stereocenters. The summed E-state index contributed by atoms with van der Waals surface area (Å²) in [6, 6.07) is 16.6. The number of rotatable bonds is 8. The van der Waals surface area contributed by atoms with E-state index in [0.717, 1.165) is 5.56 Å². The van der Waals surface area contributed by atoms with E-state index in [9.17, 15) is 4.79 Å². The smallest absolute Gasteiger partial charge is 0.158 e. The quantitative estimate of drug-likeness (QED) is 0.470. The Kier molecular flexibility index (Phi) is 7.29. The predicted octanol–water partition coefficient (Wildman–Crippen LogP) is 5.47. The standard InChI is InChI=1S/C21H24O2S/c1-16(2)23-14-13-19(22)11-9-17-10-12-20(21(15-17)24-3)18-7-5-4-6-8-18/h4-12,15-16H,13-14H2,1-3H3. The molecule has 2 nitrogen and oxygen atoms in total. The summed E-state index contributed by atoms with van der Waals surface area (Å²) in [5, 5.41) is 0. The second-order valence-electron chi connectivity index (χ2n) is 5.79. The van der Waals surface area contributed by atoms with Crippen molar-refractivity contribution in [2.24, 2.45) is 0 Å². The molecule has 0 N–H and O–H groups in total. The summed E-state index contributed by atoms with van der Waals surface area (Å²) in [5.74, 6) is 0.0912. The predicted molar refractivity (Wildman–Crippen MR) is 103 cm³/mol. The van der Waals surface area contributed by atoms with Crippen molar-refractivity contribution in [2.45, 2.75) is 31.3 Å². The summed E-state index contributed by atoms with van der Waals surface area (Å²) in [4.78, 5) is 13.1. The number of hydrogen-bond acceptors (Lipinski definition) is 3. The number of ketones is 1. The zero-order chi connectivity index (χ0) is 17.4. The monoisotopic (exact) mass is 340 g/mol. The molecular weight excluding hydrogens is 316 g/mol. The average molecular weight is 340 g/mol. The molecule has 0 aliphatic heterocycles. The summed E-state index contributed by atoms with van der Waals surface area (Å²) in [7, 11) is 0. The van der Waals surface area contributed by atoms with Crippen LogP contribution in [0.15, 0.2) is 59.5 Å². The van der Waals surface area contributed by atoms with E-state index >= 15 is 0 Å². The average Bonchev–Trinajstić information content (AvgIpc) is 2.60. The fourth-order valence-electron chi connectivity index (χ4n) is 2.34. The fraction of sp³-hybridized carbons (Fsp3) is 0.286. The van der Waals surface area contributed by atoms with Crippen LogP contribution in [-0.4, -0.2) is 24.7 Å². The molecule has 2 aromatic rings. The van der Waals surface area contributed by atoms with Gasteiger partial charge in [0.05, 0.1) is 12.7 Å². The van der Waals surface area contributed by atoms with E-state index in [0.29, 0.717) is 13.0 Å². The van der Waals surface area contributed by atoms with Gasteiger partial charge < -0.3 is 4.74 Å². The van der Waals surface area contributed by atoms with Crippen LogP contribution in [0.3, 0.4) is 0 Å². The van der Waals surface area contributed by atoms with Gasteiger partial charge in [0, 0.05) is 11.3 Å². The number of thioether (sulfide) groups is 1. The van der Waals surface area contributed by atoms with Crippen molar-refractivity contribution >= 4 is 23.6 Å². The molecule has 2 aromatic carbocycles. The third kappa shape index (κ3) is 5.66. The Labute approximate surface area is 148 Å². The third-order valence-corrected chi connectivity index (χ3v) is 4.35. The number of carbonyl (C=O) groups is 1. The van der Waals surface area contributed by atoms with Crippen LogP contribution >= 0.6 is 11.8 Å². The Hall–Kier alpha value is -1.84. The van der Waals surface area contributed by atoms with Gasteiger partial charge in [-0.1, -0.05) is 48.5 Å². The molecule has 0 bridgehead atoms. The third-order valence-electron chi connectivity index (χ3n) is 3.57. The van der Waals surface area contributed by atoms with E-state index in [1.54, 1.807) is 17.8 Å². The number of benzene rings is 2. The Morgan fingerprint density at radius 2 is 1.92 bits per heavy atom. The van der Waals surface area contributed by atoms with Crippen LogP contribution in [0.4, 0.5) is 0 Å². The van der Waals surface area contributed by atoms with E-state index in [4.69, 9.17) is 4.74 Å². The molecule has 0 atom stereocenters. The maximum absolute atomic E-state index is 11.9. The Morgan fingerprint density at radius 1 is 1.17 bits per heavy atom. The zero-order valence-electron chi connectivity index (χ0n) is 14.5. The van der Waals surface area contributed by atoms with Gasteiger partial charge in [-0.15, -0.1) is 11.8 Å². The second-order valence-corrected chi connectivity index (χ2v) is 6.64. The van der Waals surface area contributed by atoms with Gasteiger partial charge in [-0.05, 0) is 48.9 Å². The van der Waals surface area contributed by atoms with Gasteiger partial charge in [0.25, 0.3) is 0 Å². The van der Waals surface area contributed by atoms with Gasteiger partial charge >= 0.3 is 0 Å². The maximum Gasteiger partial charge on any atom is 0.158 e. The van der Waals surface area contributed by atoms with Gasteiger partial charge in [-0.3, -0.25) is 4.79 Å². The van der Waals surface area contributed by atoms with Crippen molar-refractivity contribution in [3.8, 4) is 11.1 Å². The van der Waals surface area contributed by atoms with Gasteiger partial charge in [0.1, 0.15) is 0 Å². The normalized spacial score (nSPS) is 11.3. The van der Waals surface area contributed by atoms with E-state index in [2.05, 4.69) is 36.6 Å². The van der Waals surface area contributed by atoms with Crippen molar-refractivity contribution in [2.75, 3.05) is 12.9 Å². The van der Waals surface area contributed by atoms with E-state index < -0.39 is 0 Å². The maximum atomic E-state index is 11.9. The molecule has 0 aromatic heterocycles. The molecular formula is C21H24O2S. The molecule has 0 heterocycles. The van der Waals surface area contributed by atoms with Gasteiger partial charge in [0.15, 0.2) is 5.78 Å². The highest BCUT2D eigenvalue weighted by molar-refractivity contribution is 7.98. The summed E-state index contributed by atoms with van der Waals surface area (Å²) in [6.07, 6.45) is 6.18. The molecule has 0 aliphatic carbocycles. The van der Waals surface area contributed by atoms with Crippen LogP contribution in [0.25, 0.3) is 17.2 Å². The molecule has 0 radical (unpaired) electrons. The van der Waals surface area contributed by atoms with Crippen LogP contribution < -0.4 is 0 Å². The van der Waals surface area contributed by atoms with Crippen molar-refractivity contribution in [1.29, 1.82) is 0 Å². The lowest BCUT2D eigenvalue weighted by atomic mass is 10.0. The Bertz CT molecular complexity index is 690. The highest BCUT2D eigenvalue weighted by Gasteiger charge is 2.05.